The molecule has 0 spiro atoms. The largest absolute Gasteiger partial charge is 0.493 e. The van der Waals surface area contributed by atoms with E-state index in [4.69, 9.17) is 4.74 Å². The average Bonchev–Trinajstić information content (AvgIpc) is 3.06. The van der Waals surface area contributed by atoms with Gasteiger partial charge in [-0.3, -0.25) is 5.10 Å². The molecule has 1 aromatic heterocycles. The summed E-state index contributed by atoms with van der Waals surface area (Å²) in [5, 5.41) is 10.2. The molecule has 0 radical (unpaired) electrons. The van der Waals surface area contributed by atoms with Gasteiger partial charge in [0.2, 0.25) is 0 Å². The summed E-state index contributed by atoms with van der Waals surface area (Å²) in [4.78, 5) is 4.30. The summed E-state index contributed by atoms with van der Waals surface area (Å²) in [6, 6.07) is 12.5. The predicted octanol–water partition coefficient (Wildman–Crippen LogP) is 4.00. The topological polar surface area (TPSA) is 72.1 Å². The number of halogens is 2. The molecule has 0 unspecified atom stereocenters. The molecular weight excluding hydrogens is 342 g/mol. The summed E-state index contributed by atoms with van der Waals surface area (Å²) in [6.07, 6.45) is 0. The molecule has 1 heterocycles. The first-order valence-corrected chi connectivity index (χ1v) is 7.90. The van der Waals surface area contributed by atoms with Crippen LogP contribution in [0.1, 0.15) is 11.4 Å². The van der Waals surface area contributed by atoms with Crippen LogP contribution in [0.2, 0.25) is 0 Å². The summed E-state index contributed by atoms with van der Waals surface area (Å²) < 4.78 is 34.6. The van der Waals surface area contributed by atoms with Crippen molar-refractivity contribution in [2.24, 2.45) is 0 Å². The van der Waals surface area contributed by atoms with E-state index in [0.29, 0.717) is 12.4 Å². The van der Waals surface area contributed by atoms with Crippen molar-refractivity contribution in [2.75, 3.05) is 12.4 Å². The molecule has 0 fully saturated rings. The Labute approximate surface area is 149 Å². The molecule has 0 aliphatic heterocycles. The van der Waals surface area contributed by atoms with Crippen molar-refractivity contribution in [3.63, 3.8) is 0 Å². The van der Waals surface area contributed by atoms with Crippen molar-refractivity contribution in [3.05, 3.63) is 53.9 Å². The average molecular weight is 360 g/mol. The van der Waals surface area contributed by atoms with Gasteiger partial charge in [-0.15, -0.1) is 0 Å². The maximum absolute atomic E-state index is 12.5. The third kappa shape index (κ3) is 4.27. The van der Waals surface area contributed by atoms with Gasteiger partial charge in [0.1, 0.15) is 5.82 Å². The summed E-state index contributed by atoms with van der Waals surface area (Å²) in [5.41, 5.74) is 2.51. The number of aromatic amines is 1. The number of rotatable bonds is 7. The number of ether oxygens (including phenoxy) is 2. The summed E-state index contributed by atoms with van der Waals surface area (Å²) in [5.74, 6) is 1.62. The first-order chi connectivity index (χ1) is 12.5. The molecule has 3 aromatic rings. The fourth-order valence-electron chi connectivity index (χ4n) is 2.46. The number of benzene rings is 2. The highest BCUT2D eigenvalue weighted by atomic mass is 19.3. The molecule has 0 bridgehead atoms. The van der Waals surface area contributed by atoms with Crippen molar-refractivity contribution < 1.29 is 18.3 Å². The van der Waals surface area contributed by atoms with Gasteiger partial charge in [0.05, 0.1) is 7.11 Å². The predicted molar refractivity (Wildman–Crippen MR) is 93.5 cm³/mol. The molecule has 0 saturated heterocycles. The SMILES string of the molecule is COc1ccc(CNc2cccc(-c3n[nH]c(C)n3)c2)cc1OC(F)F. The number of anilines is 1. The van der Waals surface area contributed by atoms with Gasteiger partial charge in [-0.2, -0.15) is 13.9 Å². The summed E-state index contributed by atoms with van der Waals surface area (Å²) >= 11 is 0. The molecule has 0 atom stereocenters. The Morgan fingerprint density at radius 3 is 2.69 bits per heavy atom. The molecule has 3 rings (SSSR count). The van der Waals surface area contributed by atoms with Crippen LogP contribution in [0.5, 0.6) is 11.5 Å². The van der Waals surface area contributed by atoms with Crippen LogP contribution in [0.15, 0.2) is 42.5 Å². The zero-order valence-corrected chi connectivity index (χ0v) is 14.3. The van der Waals surface area contributed by atoms with E-state index in [1.165, 1.54) is 13.2 Å². The molecular formula is C18H18F2N4O2. The fourth-order valence-corrected chi connectivity index (χ4v) is 2.46. The van der Waals surface area contributed by atoms with Crippen LogP contribution in [0.3, 0.4) is 0 Å². The molecule has 0 saturated carbocycles. The highest BCUT2D eigenvalue weighted by Crippen LogP contribution is 2.30. The number of methoxy groups -OCH3 is 1. The molecule has 0 amide bonds. The minimum Gasteiger partial charge on any atom is -0.493 e. The maximum atomic E-state index is 12.5. The molecule has 8 heteroatoms. The van der Waals surface area contributed by atoms with Crippen LogP contribution in [-0.2, 0) is 6.54 Å². The van der Waals surface area contributed by atoms with Crippen LogP contribution in [-0.4, -0.2) is 28.9 Å². The first kappa shape index (κ1) is 17.7. The highest BCUT2D eigenvalue weighted by Gasteiger charge is 2.11. The molecule has 26 heavy (non-hydrogen) atoms. The monoisotopic (exact) mass is 360 g/mol. The summed E-state index contributed by atoms with van der Waals surface area (Å²) in [7, 11) is 1.40. The number of aromatic nitrogens is 3. The molecule has 2 N–H and O–H groups in total. The van der Waals surface area contributed by atoms with E-state index < -0.39 is 6.61 Å². The second kappa shape index (κ2) is 7.81. The van der Waals surface area contributed by atoms with E-state index in [1.807, 2.05) is 31.2 Å². The van der Waals surface area contributed by atoms with Crippen LogP contribution in [0.4, 0.5) is 14.5 Å². The van der Waals surface area contributed by atoms with Gasteiger partial charge in [-0.1, -0.05) is 18.2 Å². The zero-order valence-electron chi connectivity index (χ0n) is 14.3. The number of H-pyrrole nitrogens is 1. The Morgan fingerprint density at radius 2 is 2.00 bits per heavy atom. The fraction of sp³-hybridized carbons (Fsp3) is 0.222. The van der Waals surface area contributed by atoms with Crippen LogP contribution < -0.4 is 14.8 Å². The van der Waals surface area contributed by atoms with Crippen molar-refractivity contribution in [1.82, 2.24) is 15.2 Å². The van der Waals surface area contributed by atoms with Crippen molar-refractivity contribution in [3.8, 4) is 22.9 Å². The van der Waals surface area contributed by atoms with E-state index in [0.717, 1.165) is 22.6 Å². The lowest BCUT2D eigenvalue weighted by molar-refractivity contribution is -0.0512. The zero-order chi connectivity index (χ0) is 18.5. The normalized spacial score (nSPS) is 10.8. The third-order valence-corrected chi connectivity index (χ3v) is 3.66. The van der Waals surface area contributed by atoms with Crippen molar-refractivity contribution in [2.45, 2.75) is 20.1 Å². The van der Waals surface area contributed by atoms with Crippen molar-refractivity contribution in [1.29, 1.82) is 0 Å². The Hall–Kier alpha value is -3.16. The van der Waals surface area contributed by atoms with Gasteiger partial charge in [0.15, 0.2) is 17.3 Å². The van der Waals surface area contributed by atoms with E-state index in [2.05, 4.69) is 25.2 Å². The lowest BCUT2D eigenvalue weighted by Crippen LogP contribution is -2.05. The molecule has 2 aromatic carbocycles. The Morgan fingerprint density at radius 1 is 1.15 bits per heavy atom. The van der Waals surface area contributed by atoms with E-state index >= 15 is 0 Å². The van der Waals surface area contributed by atoms with Gasteiger partial charge in [0, 0.05) is 17.8 Å². The maximum Gasteiger partial charge on any atom is 0.387 e. The van der Waals surface area contributed by atoms with Crippen LogP contribution in [0.25, 0.3) is 11.4 Å². The Kier molecular flexibility index (Phi) is 5.31. The molecule has 6 nitrogen and oxygen atoms in total. The first-order valence-electron chi connectivity index (χ1n) is 7.90. The van der Waals surface area contributed by atoms with E-state index in [9.17, 15) is 8.78 Å². The van der Waals surface area contributed by atoms with Gasteiger partial charge in [0.25, 0.3) is 0 Å². The van der Waals surface area contributed by atoms with Crippen LogP contribution >= 0.6 is 0 Å². The van der Waals surface area contributed by atoms with Gasteiger partial charge in [-0.25, -0.2) is 4.98 Å². The van der Waals surface area contributed by atoms with Gasteiger partial charge < -0.3 is 14.8 Å². The number of hydrogen-bond acceptors (Lipinski definition) is 5. The standard InChI is InChI=1S/C18H18F2N4O2/c1-11-22-17(24-23-11)13-4-3-5-14(9-13)21-10-12-6-7-15(25-2)16(8-12)26-18(19)20/h3-9,18,21H,10H2,1-2H3,(H,22,23,24). The minimum atomic E-state index is -2.91. The number of nitrogens with one attached hydrogen (secondary N) is 2. The van der Waals surface area contributed by atoms with E-state index in [-0.39, 0.29) is 11.5 Å². The minimum absolute atomic E-state index is 0.00625. The Bertz CT molecular complexity index is 883. The van der Waals surface area contributed by atoms with Gasteiger partial charge in [-0.05, 0) is 36.8 Å². The lowest BCUT2D eigenvalue weighted by Gasteiger charge is -2.12. The molecule has 136 valence electrons. The smallest absolute Gasteiger partial charge is 0.387 e. The number of hydrogen-bond donors (Lipinski definition) is 2. The highest BCUT2D eigenvalue weighted by molar-refractivity contribution is 5.62. The van der Waals surface area contributed by atoms with E-state index in [1.54, 1.807) is 12.1 Å². The lowest BCUT2D eigenvalue weighted by atomic mass is 10.1. The van der Waals surface area contributed by atoms with Crippen LogP contribution in [0, 0.1) is 6.92 Å². The number of nitrogens with zero attached hydrogens (tertiary/aromatic N) is 2. The second-order valence-corrected chi connectivity index (χ2v) is 5.54. The second-order valence-electron chi connectivity index (χ2n) is 5.54. The third-order valence-electron chi connectivity index (χ3n) is 3.66. The quantitative estimate of drug-likeness (QED) is 0.666. The summed E-state index contributed by atoms with van der Waals surface area (Å²) in [6.45, 7) is -0.643. The van der Waals surface area contributed by atoms with Crippen molar-refractivity contribution >= 4 is 5.69 Å². The molecule has 0 aliphatic rings. The number of aryl methyl sites for hydroxylation is 1. The molecule has 0 aliphatic carbocycles. The van der Waals surface area contributed by atoms with Gasteiger partial charge >= 0.3 is 6.61 Å². The number of alkyl halides is 2. The Balaban J connectivity index is 1.73.